The Hall–Kier alpha value is -0.570. The summed E-state index contributed by atoms with van der Waals surface area (Å²) in [5.41, 5.74) is -0.238. The molecule has 0 amide bonds. The predicted molar refractivity (Wildman–Crippen MR) is 79.0 cm³/mol. The highest BCUT2D eigenvalue weighted by Crippen LogP contribution is 2.45. The van der Waals surface area contributed by atoms with Gasteiger partial charge in [-0.3, -0.25) is 4.79 Å². The monoisotopic (exact) mass is 269 g/mol. The molecule has 0 radical (unpaired) electrons. The zero-order valence-corrected chi connectivity index (χ0v) is 13.4. The maximum Gasteiger partial charge on any atom is 0.311 e. The Labute approximate surface area is 118 Å². The lowest BCUT2D eigenvalue weighted by atomic mass is 9.85. The Bertz CT molecular complexity index is 286. The molecule has 0 saturated heterocycles. The van der Waals surface area contributed by atoms with Crippen LogP contribution in [0.4, 0.5) is 0 Å². The summed E-state index contributed by atoms with van der Waals surface area (Å²) in [6.45, 7) is 14.3. The lowest BCUT2D eigenvalue weighted by Crippen LogP contribution is -2.32. The minimum absolute atomic E-state index is 0.0165. The fraction of sp³-hybridized carbons (Fsp3) is 0.938. The molecule has 0 aromatic carbocycles. The molecule has 19 heavy (non-hydrogen) atoms. The quantitative estimate of drug-likeness (QED) is 0.664. The van der Waals surface area contributed by atoms with Gasteiger partial charge in [0.15, 0.2) is 0 Å². The van der Waals surface area contributed by atoms with E-state index in [-0.39, 0.29) is 11.4 Å². The van der Waals surface area contributed by atoms with Crippen LogP contribution in [-0.4, -0.2) is 37.1 Å². The van der Waals surface area contributed by atoms with Crippen molar-refractivity contribution in [3.05, 3.63) is 0 Å². The molecule has 1 aliphatic carbocycles. The van der Waals surface area contributed by atoms with Gasteiger partial charge in [0, 0.05) is 6.54 Å². The molecule has 0 N–H and O–H groups in total. The van der Waals surface area contributed by atoms with Crippen molar-refractivity contribution in [3.63, 3.8) is 0 Å². The van der Waals surface area contributed by atoms with Crippen molar-refractivity contribution in [2.45, 2.75) is 53.9 Å². The zero-order valence-electron chi connectivity index (χ0n) is 13.4. The van der Waals surface area contributed by atoms with Gasteiger partial charge in [-0.25, -0.2) is 0 Å². The second-order valence-corrected chi connectivity index (χ2v) is 6.47. The van der Waals surface area contributed by atoms with Gasteiger partial charge in [-0.2, -0.15) is 0 Å². The summed E-state index contributed by atoms with van der Waals surface area (Å²) in [4.78, 5) is 14.5. The highest BCUT2D eigenvalue weighted by atomic mass is 16.5. The summed E-state index contributed by atoms with van der Waals surface area (Å²) in [6, 6.07) is 0. The maximum absolute atomic E-state index is 12.3. The normalized spacial score (nSPS) is 27.2. The first kappa shape index (κ1) is 16.5. The van der Waals surface area contributed by atoms with E-state index in [1.165, 1.54) is 6.42 Å². The number of hydrogen-bond donors (Lipinski definition) is 0. The van der Waals surface area contributed by atoms with Gasteiger partial charge in [0.2, 0.25) is 0 Å². The highest BCUT2D eigenvalue weighted by molar-refractivity contribution is 5.76. The Morgan fingerprint density at radius 2 is 2.00 bits per heavy atom. The van der Waals surface area contributed by atoms with Crippen LogP contribution in [0.5, 0.6) is 0 Å². The van der Waals surface area contributed by atoms with Crippen molar-refractivity contribution >= 4 is 5.97 Å². The predicted octanol–water partition coefficient (Wildman–Crippen LogP) is 3.33. The van der Waals surface area contributed by atoms with E-state index in [9.17, 15) is 4.79 Å². The second kappa shape index (κ2) is 7.28. The molecule has 2 unspecified atom stereocenters. The van der Waals surface area contributed by atoms with Crippen molar-refractivity contribution in [2.24, 2.45) is 17.3 Å². The number of rotatable bonds is 7. The molecule has 0 aliphatic heterocycles. The number of carbonyl (C=O) groups excluding carboxylic acids is 1. The summed E-state index contributed by atoms with van der Waals surface area (Å²) in [6.07, 6.45) is 3.15. The van der Waals surface area contributed by atoms with Crippen LogP contribution < -0.4 is 0 Å². The van der Waals surface area contributed by atoms with E-state index >= 15 is 0 Å². The molecule has 0 bridgehead atoms. The number of likely N-dealkylation sites (N-methyl/N-ethyl adjacent to an activating group) is 1. The zero-order chi connectivity index (χ0) is 14.5. The van der Waals surface area contributed by atoms with Crippen molar-refractivity contribution < 1.29 is 9.53 Å². The van der Waals surface area contributed by atoms with Gasteiger partial charge in [-0.05, 0) is 51.1 Å². The Morgan fingerprint density at radius 1 is 1.37 bits per heavy atom. The lowest BCUT2D eigenvalue weighted by Gasteiger charge is -2.24. The smallest absolute Gasteiger partial charge is 0.311 e. The Balaban J connectivity index is 2.37. The molecular weight excluding hydrogens is 238 g/mol. The van der Waals surface area contributed by atoms with Crippen LogP contribution in [-0.2, 0) is 9.53 Å². The number of esters is 1. The van der Waals surface area contributed by atoms with E-state index in [0.29, 0.717) is 18.4 Å². The van der Waals surface area contributed by atoms with E-state index in [1.54, 1.807) is 0 Å². The van der Waals surface area contributed by atoms with E-state index in [2.05, 4.69) is 39.5 Å². The molecule has 3 nitrogen and oxygen atoms in total. The average Bonchev–Trinajstić information content (AvgIpc) is 2.79. The lowest BCUT2D eigenvalue weighted by molar-refractivity contribution is -0.155. The van der Waals surface area contributed by atoms with Gasteiger partial charge in [0.1, 0.15) is 6.61 Å². The second-order valence-electron chi connectivity index (χ2n) is 6.47. The third-order valence-electron chi connectivity index (χ3n) is 4.75. The Kier molecular flexibility index (Phi) is 6.31. The largest absolute Gasteiger partial charge is 0.464 e. The van der Waals surface area contributed by atoms with Crippen molar-refractivity contribution in [1.29, 1.82) is 0 Å². The van der Waals surface area contributed by atoms with E-state index in [4.69, 9.17) is 4.74 Å². The van der Waals surface area contributed by atoms with Crippen LogP contribution in [0.25, 0.3) is 0 Å². The molecule has 0 heterocycles. The summed E-state index contributed by atoms with van der Waals surface area (Å²) in [7, 11) is 0. The minimum atomic E-state index is -0.238. The third-order valence-corrected chi connectivity index (χ3v) is 4.75. The van der Waals surface area contributed by atoms with Crippen LogP contribution in [0.3, 0.4) is 0 Å². The molecule has 112 valence electrons. The van der Waals surface area contributed by atoms with Crippen molar-refractivity contribution in [3.8, 4) is 0 Å². The molecule has 1 fully saturated rings. The van der Waals surface area contributed by atoms with E-state index in [1.807, 2.05) is 0 Å². The summed E-state index contributed by atoms with van der Waals surface area (Å²) < 4.78 is 5.51. The van der Waals surface area contributed by atoms with Gasteiger partial charge in [-0.15, -0.1) is 0 Å². The standard InChI is InChI=1S/C16H31NO2/c1-6-17(7-2)10-11-19-15(18)16(5)9-8-14(12-16)13(3)4/h13-14H,6-12H2,1-5H3. The minimum Gasteiger partial charge on any atom is -0.464 e. The molecule has 2 atom stereocenters. The Morgan fingerprint density at radius 3 is 2.47 bits per heavy atom. The van der Waals surface area contributed by atoms with Crippen LogP contribution in [0.1, 0.15) is 53.9 Å². The molecular formula is C16H31NO2. The van der Waals surface area contributed by atoms with Gasteiger partial charge < -0.3 is 9.64 Å². The van der Waals surface area contributed by atoms with E-state index < -0.39 is 0 Å². The number of nitrogens with zero attached hydrogens (tertiary/aromatic N) is 1. The molecule has 1 aliphatic rings. The summed E-state index contributed by atoms with van der Waals surface area (Å²) in [5.74, 6) is 1.37. The van der Waals surface area contributed by atoms with Crippen molar-refractivity contribution in [2.75, 3.05) is 26.2 Å². The number of hydrogen-bond acceptors (Lipinski definition) is 3. The summed E-state index contributed by atoms with van der Waals surface area (Å²) in [5, 5.41) is 0. The fourth-order valence-corrected chi connectivity index (χ4v) is 3.02. The topological polar surface area (TPSA) is 29.5 Å². The van der Waals surface area contributed by atoms with Gasteiger partial charge in [0.25, 0.3) is 0 Å². The van der Waals surface area contributed by atoms with E-state index in [0.717, 1.165) is 32.5 Å². The first-order valence-corrected chi connectivity index (χ1v) is 7.82. The van der Waals surface area contributed by atoms with Gasteiger partial charge in [-0.1, -0.05) is 27.7 Å². The van der Waals surface area contributed by atoms with Crippen LogP contribution in [0, 0.1) is 17.3 Å². The molecule has 0 spiro atoms. The highest BCUT2D eigenvalue weighted by Gasteiger charge is 2.43. The van der Waals surface area contributed by atoms with Crippen LogP contribution in [0.15, 0.2) is 0 Å². The molecule has 0 aromatic rings. The third kappa shape index (κ3) is 4.48. The first-order valence-electron chi connectivity index (χ1n) is 7.82. The summed E-state index contributed by atoms with van der Waals surface area (Å²) >= 11 is 0. The van der Waals surface area contributed by atoms with Gasteiger partial charge >= 0.3 is 5.97 Å². The molecule has 1 saturated carbocycles. The maximum atomic E-state index is 12.3. The average molecular weight is 269 g/mol. The first-order chi connectivity index (χ1) is 8.92. The molecule has 3 heteroatoms. The SMILES string of the molecule is CCN(CC)CCOC(=O)C1(C)CCC(C(C)C)C1. The number of carbonyl (C=O) groups is 1. The van der Waals surface area contributed by atoms with Crippen molar-refractivity contribution in [1.82, 2.24) is 4.90 Å². The molecule has 1 rings (SSSR count). The van der Waals surface area contributed by atoms with Gasteiger partial charge in [0.05, 0.1) is 5.41 Å². The van der Waals surface area contributed by atoms with Crippen LogP contribution in [0.2, 0.25) is 0 Å². The van der Waals surface area contributed by atoms with Crippen LogP contribution >= 0.6 is 0 Å². The molecule has 0 aromatic heterocycles. The fourth-order valence-electron chi connectivity index (χ4n) is 3.02. The number of ether oxygens (including phenoxy) is 1.